The number of hydrogen-bond donors (Lipinski definition) is 0. The number of rotatable bonds is 4. The van der Waals surface area contributed by atoms with E-state index in [1.807, 2.05) is 12.2 Å². The molecular formula is C12H19NO. The van der Waals surface area contributed by atoms with Gasteiger partial charge in [-0.3, -0.25) is 0 Å². The van der Waals surface area contributed by atoms with Crippen LogP contribution in [0.15, 0.2) is 36.6 Å². The van der Waals surface area contributed by atoms with E-state index in [2.05, 4.69) is 25.0 Å². The minimum Gasteiger partial charge on any atom is -0.378 e. The van der Waals surface area contributed by atoms with E-state index < -0.39 is 0 Å². The summed E-state index contributed by atoms with van der Waals surface area (Å²) in [6.45, 7) is 13.6. The van der Waals surface area contributed by atoms with E-state index in [9.17, 15) is 0 Å². The summed E-state index contributed by atoms with van der Waals surface area (Å²) >= 11 is 0. The Hall–Kier alpha value is -1.02. The monoisotopic (exact) mass is 193 g/mol. The molecule has 0 bridgehead atoms. The lowest BCUT2D eigenvalue weighted by Crippen LogP contribution is -2.34. The first-order valence-corrected chi connectivity index (χ1v) is 5.11. The highest BCUT2D eigenvalue weighted by Gasteiger charge is 2.09. The average Bonchev–Trinajstić information content (AvgIpc) is 2.26. The van der Waals surface area contributed by atoms with Crippen molar-refractivity contribution in [3.8, 4) is 0 Å². The number of nitrogens with zero attached hydrogens (tertiary/aromatic N) is 1. The Kier molecular flexibility index (Phi) is 4.47. The summed E-state index contributed by atoms with van der Waals surface area (Å²) in [5, 5.41) is 0. The standard InChI is InChI=1S/C12H19NO/c1-4-11(2)5-6-12(3)13-7-9-14-10-8-13/h5-6H,2-4,7-10H2,1H3/b6-5-. The SMILES string of the molecule is C=C(/C=C\C(=C)N1CCOCC1)CC. The summed E-state index contributed by atoms with van der Waals surface area (Å²) in [7, 11) is 0. The van der Waals surface area contributed by atoms with Gasteiger partial charge in [-0.05, 0) is 12.5 Å². The Bertz CT molecular complexity index is 237. The lowest BCUT2D eigenvalue weighted by molar-refractivity contribution is 0.0556. The maximum atomic E-state index is 5.27. The van der Waals surface area contributed by atoms with E-state index in [0.29, 0.717) is 0 Å². The highest BCUT2D eigenvalue weighted by Crippen LogP contribution is 2.08. The fourth-order valence-electron chi connectivity index (χ4n) is 1.29. The largest absolute Gasteiger partial charge is 0.378 e. The van der Waals surface area contributed by atoms with Crippen LogP contribution in [0.25, 0.3) is 0 Å². The Balaban J connectivity index is 2.40. The molecule has 1 fully saturated rings. The zero-order valence-corrected chi connectivity index (χ0v) is 8.96. The van der Waals surface area contributed by atoms with E-state index in [-0.39, 0.29) is 0 Å². The first-order chi connectivity index (χ1) is 6.74. The van der Waals surface area contributed by atoms with E-state index in [1.54, 1.807) is 0 Å². The van der Waals surface area contributed by atoms with Crippen molar-refractivity contribution >= 4 is 0 Å². The molecule has 0 aromatic rings. The topological polar surface area (TPSA) is 12.5 Å². The Labute approximate surface area is 86.6 Å². The minimum absolute atomic E-state index is 0.807. The zero-order chi connectivity index (χ0) is 10.4. The quantitative estimate of drug-likeness (QED) is 0.635. The van der Waals surface area contributed by atoms with Gasteiger partial charge in [0.1, 0.15) is 0 Å². The van der Waals surface area contributed by atoms with Crippen LogP contribution >= 0.6 is 0 Å². The van der Waals surface area contributed by atoms with Gasteiger partial charge in [0.15, 0.2) is 0 Å². The van der Waals surface area contributed by atoms with Crippen LogP contribution in [0, 0.1) is 0 Å². The molecule has 0 radical (unpaired) electrons. The predicted octanol–water partition coefficient (Wildman–Crippen LogP) is 2.35. The molecule has 1 aliphatic rings. The van der Waals surface area contributed by atoms with Crippen molar-refractivity contribution < 1.29 is 4.74 Å². The second kappa shape index (κ2) is 5.66. The van der Waals surface area contributed by atoms with Crippen LogP contribution in [0.5, 0.6) is 0 Å². The minimum atomic E-state index is 0.807. The molecule has 0 spiro atoms. The molecule has 0 amide bonds. The highest BCUT2D eigenvalue weighted by molar-refractivity contribution is 5.23. The molecule has 0 unspecified atom stereocenters. The van der Waals surface area contributed by atoms with Gasteiger partial charge in [-0.1, -0.05) is 31.7 Å². The fourth-order valence-corrected chi connectivity index (χ4v) is 1.29. The Morgan fingerprint density at radius 2 is 1.93 bits per heavy atom. The maximum absolute atomic E-state index is 5.27. The van der Waals surface area contributed by atoms with Gasteiger partial charge in [0.2, 0.25) is 0 Å². The summed E-state index contributed by atoms with van der Waals surface area (Å²) in [6, 6.07) is 0. The summed E-state index contributed by atoms with van der Waals surface area (Å²) in [5.41, 5.74) is 2.20. The molecule has 14 heavy (non-hydrogen) atoms. The van der Waals surface area contributed by atoms with Gasteiger partial charge in [0.25, 0.3) is 0 Å². The molecular weight excluding hydrogens is 174 g/mol. The highest BCUT2D eigenvalue weighted by atomic mass is 16.5. The lowest BCUT2D eigenvalue weighted by Gasteiger charge is -2.29. The second-order valence-corrected chi connectivity index (χ2v) is 3.44. The van der Waals surface area contributed by atoms with Crippen molar-refractivity contribution in [3.05, 3.63) is 36.6 Å². The Morgan fingerprint density at radius 3 is 2.50 bits per heavy atom. The second-order valence-electron chi connectivity index (χ2n) is 3.44. The smallest absolute Gasteiger partial charge is 0.0642 e. The molecule has 0 atom stereocenters. The number of allylic oxidation sites excluding steroid dienone is 3. The van der Waals surface area contributed by atoms with Gasteiger partial charge in [-0.2, -0.15) is 0 Å². The van der Waals surface area contributed by atoms with E-state index in [0.717, 1.165) is 44.0 Å². The molecule has 2 heteroatoms. The van der Waals surface area contributed by atoms with Gasteiger partial charge in [-0.25, -0.2) is 0 Å². The van der Waals surface area contributed by atoms with Gasteiger partial charge >= 0.3 is 0 Å². The summed E-state index contributed by atoms with van der Waals surface area (Å²) in [5.74, 6) is 0. The predicted molar refractivity (Wildman–Crippen MR) is 60.1 cm³/mol. The molecule has 0 aromatic heterocycles. The lowest BCUT2D eigenvalue weighted by atomic mass is 10.2. The molecule has 1 heterocycles. The molecule has 78 valence electrons. The Morgan fingerprint density at radius 1 is 1.29 bits per heavy atom. The number of hydrogen-bond acceptors (Lipinski definition) is 2. The van der Waals surface area contributed by atoms with Crippen LogP contribution in [0.1, 0.15) is 13.3 Å². The summed E-state index contributed by atoms with van der Waals surface area (Å²) in [6.07, 6.45) is 5.07. The van der Waals surface area contributed by atoms with Crippen LogP contribution < -0.4 is 0 Å². The molecule has 1 saturated heterocycles. The van der Waals surface area contributed by atoms with Crippen LogP contribution in [-0.4, -0.2) is 31.2 Å². The van der Waals surface area contributed by atoms with Crippen LogP contribution in [0.4, 0.5) is 0 Å². The van der Waals surface area contributed by atoms with E-state index in [1.165, 1.54) is 0 Å². The third-order valence-corrected chi connectivity index (χ3v) is 2.38. The van der Waals surface area contributed by atoms with Crippen molar-refractivity contribution in [1.29, 1.82) is 0 Å². The van der Waals surface area contributed by atoms with Gasteiger partial charge < -0.3 is 9.64 Å². The van der Waals surface area contributed by atoms with Gasteiger partial charge in [-0.15, -0.1) is 0 Å². The summed E-state index contributed by atoms with van der Waals surface area (Å²) < 4.78 is 5.27. The average molecular weight is 193 g/mol. The molecule has 0 saturated carbocycles. The molecule has 1 aliphatic heterocycles. The van der Waals surface area contributed by atoms with E-state index >= 15 is 0 Å². The van der Waals surface area contributed by atoms with Crippen molar-refractivity contribution in [1.82, 2.24) is 4.90 Å². The number of morpholine rings is 1. The van der Waals surface area contributed by atoms with Crippen molar-refractivity contribution in [3.63, 3.8) is 0 Å². The van der Waals surface area contributed by atoms with Crippen LogP contribution in [-0.2, 0) is 4.74 Å². The summed E-state index contributed by atoms with van der Waals surface area (Å²) in [4.78, 5) is 2.24. The molecule has 0 aromatic carbocycles. The van der Waals surface area contributed by atoms with Gasteiger partial charge in [0.05, 0.1) is 13.2 Å². The normalized spacial score (nSPS) is 17.4. The molecule has 2 nitrogen and oxygen atoms in total. The molecule has 0 N–H and O–H groups in total. The van der Waals surface area contributed by atoms with Crippen LogP contribution in [0.3, 0.4) is 0 Å². The zero-order valence-electron chi connectivity index (χ0n) is 8.96. The number of ether oxygens (including phenoxy) is 1. The third kappa shape index (κ3) is 3.38. The van der Waals surface area contributed by atoms with Crippen LogP contribution in [0.2, 0.25) is 0 Å². The molecule has 0 aliphatic carbocycles. The van der Waals surface area contributed by atoms with Gasteiger partial charge in [0, 0.05) is 18.8 Å². The van der Waals surface area contributed by atoms with Crippen molar-refractivity contribution in [2.45, 2.75) is 13.3 Å². The van der Waals surface area contributed by atoms with Crippen molar-refractivity contribution in [2.75, 3.05) is 26.3 Å². The van der Waals surface area contributed by atoms with E-state index in [4.69, 9.17) is 4.74 Å². The maximum Gasteiger partial charge on any atom is 0.0642 e. The first kappa shape index (κ1) is 11.1. The fraction of sp³-hybridized carbons (Fsp3) is 0.500. The molecule has 1 rings (SSSR count). The third-order valence-electron chi connectivity index (χ3n) is 2.38. The first-order valence-electron chi connectivity index (χ1n) is 5.11. The van der Waals surface area contributed by atoms with Crippen molar-refractivity contribution in [2.24, 2.45) is 0 Å².